The van der Waals surface area contributed by atoms with Gasteiger partial charge in [-0.25, -0.2) is 0 Å². The monoisotopic (exact) mass is 299 g/mol. The summed E-state index contributed by atoms with van der Waals surface area (Å²) < 4.78 is 14.2. The fraction of sp³-hybridized carbons (Fsp3) is 0.500. The molecular formula is C12H17N3OSe. The van der Waals surface area contributed by atoms with E-state index < -0.39 is 0 Å². The molecular weight excluding hydrogens is 281 g/mol. The third-order valence-corrected chi connectivity index (χ3v) is 4.02. The normalized spacial score (nSPS) is 13.4. The van der Waals surface area contributed by atoms with Crippen LogP contribution in [0.2, 0.25) is 0 Å². The second-order valence-corrected chi connectivity index (χ2v) is 5.69. The molecule has 1 aromatic carbocycles. The molecule has 1 aromatic rings. The minimum absolute atomic E-state index is 0.0336. The van der Waals surface area contributed by atoms with Crippen molar-refractivity contribution in [3.05, 3.63) is 18.2 Å². The van der Waals surface area contributed by atoms with Gasteiger partial charge in [0, 0.05) is 0 Å². The van der Waals surface area contributed by atoms with E-state index in [-0.39, 0.29) is 20.2 Å². The molecule has 17 heavy (non-hydrogen) atoms. The van der Waals surface area contributed by atoms with E-state index in [1.807, 2.05) is 12.1 Å². The summed E-state index contributed by atoms with van der Waals surface area (Å²) in [5.41, 5.74) is 3.03. The SMILES string of the molecule is COC(C)(C)CCNc1cccc2c1N=[Se]=N2. The Kier molecular flexibility index (Phi) is 3.82. The average Bonchev–Trinajstić information content (AvgIpc) is 2.78. The van der Waals surface area contributed by atoms with Gasteiger partial charge in [-0.1, -0.05) is 0 Å². The topological polar surface area (TPSA) is 46.0 Å². The predicted molar refractivity (Wildman–Crippen MR) is 70.6 cm³/mol. The van der Waals surface area contributed by atoms with Crippen molar-refractivity contribution < 1.29 is 4.74 Å². The summed E-state index contributed by atoms with van der Waals surface area (Å²) in [6.07, 6.45) is 0.954. The molecule has 5 heteroatoms. The van der Waals surface area contributed by atoms with Crippen LogP contribution in [0.15, 0.2) is 26.1 Å². The zero-order valence-electron chi connectivity index (χ0n) is 10.4. The second-order valence-electron chi connectivity index (χ2n) is 4.58. The number of rotatable bonds is 5. The summed E-state index contributed by atoms with van der Waals surface area (Å²) in [4.78, 5) is 0. The molecule has 92 valence electrons. The molecule has 0 radical (unpaired) electrons. The Bertz CT molecular complexity index is 479. The van der Waals surface area contributed by atoms with E-state index in [0.29, 0.717) is 0 Å². The number of methoxy groups -OCH3 is 1. The molecule has 4 nitrogen and oxygen atoms in total. The molecule has 0 unspecified atom stereocenters. The fourth-order valence-electron chi connectivity index (χ4n) is 1.55. The first-order chi connectivity index (χ1) is 8.12. The number of nitrogens with zero attached hydrogens (tertiary/aromatic N) is 2. The van der Waals surface area contributed by atoms with Crippen molar-refractivity contribution in [3.63, 3.8) is 0 Å². The third kappa shape index (κ3) is 3.06. The standard InChI is InChI=1S/C12H17N3OSe/c1-12(2,16-3)7-8-13-9-5-4-6-10-11(9)15-17-14-10/h4-6,13H,7-8H2,1-3H3. The second kappa shape index (κ2) is 5.17. The van der Waals surface area contributed by atoms with Crippen LogP contribution in [-0.4, -0.2) is 33.8 Å². The zero-order valence-corrected chi connectivity index (χ0v) is 12.1. The first-order valence-corrected chi connectivity index (χ1v) is 7.16. The van der Waals surface area contributed by atoms with E-state index in [1.54, 1.807) is 7.11 Å². The van der Waals surface area contributed by atoms with Gasteiger partial charge in [0.1, 0.15) is 0 Å². The first-order valence-electron chi connectivity index (χ1n) is 5.63. The Morgan fingerprint density at radius 1 is 1.35 bits per heavy atom. The van der Waals surface area contributed by atoms with E-state index in [2.05, 4.69) is 33.2 Å². The maximum atomic E-state index is 5.39. The molecule has 0 atom stereocenters. The summed E-state index contributed by atoms with van der Waals surface area (Å²) in [5, 5.41) is 3.41. The molecule has 0 aliphatic carbocycles. The fourth-order valence-corrected chi connectivity index (χ4v) is 2.70. The van der Waals surface area contributed by atoms with Gasteiger partial charge < -0.3 is 0 Å². The summed E-state index contributed by atoms with van der Waals surface area (Å²) in [7, 11) is 1.75. The molecule has 0 fully saturated rings. The first kappa shape index (κ1) is 12.6. The van der Waals surface area contributed by atoms with Crippen molar-refractivity contribution in [2.45, 2.75) is 25.9 Å². The van der Waals surface area contributed by atoms with Gasteiger partial charge in [-0.05, 0) is 0 Å². The minimum atomic E-state index is -0.0869. The molecule has 1 aliphatic heterocycles. The van der Waals surface area contributed by atoms with Gasteiger partial charge in [-0.3, -0.25) is 0 Å². The Morgan fingerprint density at radius 2 is 2.18 bits per heavy atom. The van der Waals surface area contributed by atoms with E-state index in [1.165, 1.54) is 0 Å². The molecule has 1 heterocycles. The predicted octanol–water partition coefficient (Wildman–Crippen LogP) is 3.26. The van der Waals surface area contributed by atoms with Crippen molar-refractivity contribution in [2.75, 3.05) is 19.0 Å². The van der Waals surface area contributed by atoms with Crippen molar-refractivity contribution in [3.8, 4) is 0 Å². The number of ether oxygens (including phenoxy) is 1. The van der Waals surface area contributed by atoms with Crippen LogP contribution in [0.3, 0.4) is 0 Å². The molecule has 0 saturated heterocycles. The van der Waals surface area contributed by atoms with Crippen molar-refractivity contribution in [1.82, 2.24) is 0 Å². The van der Waals surface area contributed by atoms with Gasteiger partial charge in [0.05, 0.1) is 0 Å². The van der Waals surface area contributed by atoms with E-state index in [9.17, 15) is 0 Å². The summed E-state index contributed by atoms with van der Waals surface area (Å²) in [6.45, 7) is 5.06. The Balaban J connectivity index is 1.97. The van der Waals surface area contributed by atoms with Gasteiger partial charge in [0.25, 0.3) is 0 Å². The number of hydrogen-bond donors (Lipinski definition) is 1. The quantitative estimate of drug-likeness (QED) is 0.861. The summed E-state index contributed by atoms with van der Waals surface area (Å²) in [6, 6.07) is 6.08. The summed E-state index contributed by atoms with van der Waals surface area (Å²) >= 11 is 0.0336. The molecule has 0 aromatic heterocycles. The Labute approximate surface area is 108 Å². The van der Waals surface area contributed by atoms with Crippen LogP contribution in [0.1, 0.15) is 20.3 Å². The molecule has 0 spiro atoms. The van der Waals surface area contributed by atoms with Crippen LogP contribution in [0, 0.1) is 0 Å². The van der Waals surface area contributed by atoms with Gasteiger partial charge >= 0.3 is 107 Å². The third-order valence-electron chi connectivity index (χ3n) is 2.88. The van der Waals surface area contributed by atoms with E-state index >= 15 is 0 Å². The Hall–Kier alpha value is -0.901. The number of fused-ring (bicyclic) bond motifs is 1. The van der Waals surface area contributed by atoms with Crippen LogP contribution < -0.4 is 5.32 Å². The van der Waals surface area contributed by atoms with Gasteiger partial charge in [0.2, 0.25) is 0 Å². The average molecular weight is 298 g/mol. The van der Waals surface area contributed by atoms with Crippen LogP contribution >= 0.6 is 0 Å². The molecule has 2 rings (SSSR count). The number of nitrogens with one attached hydrogen (secondary N) is 1. The van der Waals surface area contributed by atoms with E-state index in [4.69, 9.17) is 4.74 Å². The number of hydrogen-bond acceptors (Lipinski definition) is 4. The summed E-state index contributed by atoms with van der Waals surface area (Å²) in [5.74, 6) is 0. The van der Waals surface area contributed by atoms with Crippen LogP contribution in [0.25, 0.3) is 0 Å². The van der Waals surface area contributed by atoms with Crippen molar-refractivity contribution in [1.29, 1.82) is 0 Å². The molecule has 0 amide bonds. The van der Waals surface area contributed by atoms with Gasteiger partial charge in [0.15, 0.2) is 0 Å². The van der Waals surface area contributed by atoms with Gasteiger partial charge in [-0.2, -0.15) is 0 Å². The molecule has 0 saturated carbocycles. The van der Waals surface area contributed by atoms with Crippen LogP contribution in [0.5, 0.6) is 0 Å². The van der Waals surface area contributed by atoms with E-state index in [0.717, 1.165) is 30.0 Å². The van der Waals surface area contributed by atoms with Crippen LogP contribution in [0.4, 0.5) is 17.1 Å². The van der Waals surface area contributed by atoms with Gasteiger partial charge in [-0.15, -0.1) is 0 Å². The van der Waals surface area contributed by atoms with Crippen molar-refractivity contribution >= 4 is 31.6 Å². The molecule has 0 bridgehead atoms. The zero-order chi connectivity index (χ0) is 12.3. The van der Waals surface area contributed by atoms with Crippen LogP contribution in [-0.2, 0) is 4.74 Å². The van der Waals surface area contributed by atoms with Crippen molar-refractivity contribution in [2.24, 2.45) is 7.92 Å². The number of benzene rings is 1. The maximum absolute atomic E-state index is 5.39. The Morgan fingerprint density at radius 3 is 2.94 bits per heavy atom. The molecule has 1 N–H and O–H groups in total. The molecule has 1 aliphatic rings. The number of anilines is 1.